The molecule has 244 valence electrons. The van der Waals surface area contributed by atoms with E-state index in [0.29, 0.717) is 17.1 Å². The molecule has 6 rings (SSSR count). The summed E-state index contributed by atoms with van der Waals surface area (Å²) >= 11 is 0. The van der Waals surface area contributed by atoms with E-state index in [9.17, 15) is 5.11 Å². The first-order chi connectivity index (χ1) is 22.6. The number of aromatic hydroxyl groups is 1. The molecule has 5 aromatic carbocycles. The molecule has 0 aliphatic rings. The van der Waals surface area contributed by atoms with Crippen molar-refractivity contribution >= 4 is 23.0 Å². The van der Waals surface area contributed by atoms with Gasteiger partial charge in [-0.25, -0.2) is 4.98 Å². The first-order valence-corrected chi connectivity index (χ1v) is 16.7. The second-order valence-corrected chi connectivity index (χ2v) is 15.9. The van der Waals surface area contributed by atoms with Crippen LogP contribution in [0.3, 0.4) is 0 Å². The van der Waals surface area contributed by atoms with Crippen LogP contribution in [0.25, 0.3) is 44.8 Å². The molecule has 4 nitrogen and oxygen atoms in total. The van der Waals surface area contributed by atoms with E-state index in [1.165, 1.54) is 16.7 Å². The third kappa shape index (κ3) is 6.85. The highest BCUT2D eigenvalue weighted by Gasteiger charge is 2.22. The van der Waals surface area contributed by atoms with E-state index in [4.69, 9.17) is 14.4 Å². The first-order valence-electron chi connectivity index (χ1n) is 16.7. The number of hydrogen-bond acceptors (Lipinski definition) is 4. The molecule has 0 aliphatic carbocycles. The number of nitrogens with zero attached hydrogens (tertiary/aromatic N) is 2. The minimum Gasteiger partial charge on any atom is -0.507 e. The van der Waals surface area contributed by atoms with Gasteiger partial charge in [0.1, 0.15) is 11.3 Å². The lowest BCUT2D eigenvalue weighted by Gasteiger charge is -2.20. The molecule has 1 N–H and O–H groups in total. The molecule has 0 spiro atoms. The summed E-state index contributed by atoms with van der Waals surface area (Å²) in [6, 6.07) is 35.5. The Morgan fingerprint density at radius 1 is 0.583 bits per heavy atom. The van der Waals surface area contributed by atoms with Crippen LogP contribution in [-0.4, -0.2) is 16.3 Å². The van der Waals surface area contributed by atoms with Crippen LogP contribution in [0.5, 0.6) is 5.75 Å². The lowest BCUT2D eigenvalue weighted by molar-refractivity contribution is 0.473. The van der Waals surface area contributed by atoms with E-state index in [1.54, 1.807) is 12.3 Å². The maximum atomic E-state index is 10.6. The van der Waals surface area contributed by atoms with Gasteiger partial charge in [-0.15, -0.1) is 0 Å². The molecule has 0 atom stereocenters. The monoisotopic (exact) mass is 634 g/mol. The smallest absolute Gasteiger partial charge is 0.229 e. The van der Waals surface area contributed by atoms with Gasteiger partial charge in [-0.3, -0.25) is 4.99 Å². The number of phenolic OH excluding ortho intramolecular Hbond substituents is 1. The maximum Gasteiger partial charge on any atom is 0.229 e. The van der Waals surface area contributed by atoms with Crippen molar-refractivity contribution < 1.29 is 9.52 Å². The van der Waals surface area contributed by atoms with Crippen molar-refractivity contribution in [1.29, 1.82) is 0 Å². The number of benzene rings is 5. The van der Waals surface area contributed by atoms with Crippen LogP contribution in [0.2, 0.25) is 0 Å². The van der Waals surface area contributed by atoms with E-state index >= 15 is 0 Å². The Bertz CT molecular complexity index is 2150. The van der Waals surface area contributed by atoms with Crippen LogP contribution in [0, 0.1) is 0 Å². The van der Waals surface area contributed by atoms with Gasteiger partial charge in [0.2, 0.25) is 5.89 Å². The number of phenols is 1. The second-order valence-electron chi connectivity index (χ2n) is 15.9. The number of hydrogen-bond donors (Lipinski definition) is 1. The van der Waals surface area contributed by atoms with Crippen molar-refractivity contribution in [1.82, 2.24) is 4.98 Å². The van der Waals surface area contributed by atoms with Gasteiger partial charge in [-0.05, 0) is 92.1 Å². The Morgan fingerprint density at radius 2 is 1.21 bits per heavy atom. The molecule has 0 unspecified atom stereocenters. The molecule has 0 saturated heterocycles. The van der Waals surface area contributed by atoms with Crippen LogP contribution in [0.1, 0.15) is 84.6 Å². The Hall–Kier alpha value is -4.96. The number of fused-ring (bicyclic) bond motifs is 1. The highest BCUT2D eigenvalue weighted by molar-refractivity contribution is 5.95. The Morgan fingerprint density at radius 3 is 1.92 bits per heavy atom. The standard InChI is InChI=1S/C44H46N2O2/c1-42(2,3)32-17-13-15-29(23-32)28-14-12-16-30(22-28)36-25-34(44(7,8)9)26-39-40(36)46-41(48-39)35-18-10-11-19-37(35)45-27-31-24-33(43(4,5)6)20-21-38(31)47/h10-27,47H,1-9H3. The van der Waals surface area contributed by atoms with Gasteiger partial charge >= 0.3 is 0 Å². The van der Waals surface area contributed by atoms with Crippen LogP contribution in [0.15, 0.2) is 113 Å². The summed E-state index contributed by atoms with van der Waals surface area (Å²) in [6.07, 6.45) is 1.72. The average molecular weight is 635 g/mol. The number of rotatable bonds is 5. The van der Waals surface area contributed by atoms with E-state index in [0.717, 1.165) is 38.9 Å². The van der Waals surface area contributed by atoms with Crippen LogP contribution >= 0.6 is 0 Å². The molecule has 0 saturated carbocycles. The molecule has 0 amide bonds. The molecular weight excluding hydrogens is 588 g/mol. The normalized spacial score (nSPS) is 12.7. The summed E-state index contributed by atoms with van der Waals surface area (Å²) in [7, 11) is 0. The molecular formula is C44H46N2O2. The van der Waals surface area contributed by atoms with Gasteiger partial charge in [-0.2, -0.15) is 0 Å². The molecule has 1 aromatic heterocycles. The summed E-state index contributed by atoms with van der Waals surface area (Å²) in [6.45, 7) is 19.9. The predicted octanol–water partition coefficient (Wildman–Crippen LogP) is 12.2. The van der Waals surface area contributed by atoms with E-state index in [2.05, 4.69) is 123 Å². The number of aromatic nitrogens is 1. The van der Waals surface area contributed by atoms with Crippen molar-refractivity contribution in [3.63, 3.8) is 0 Å². The zero-order valence-corrected chi connectivity index (χ0v) is 29.6. The zero-order valence-electron chi connectivity index (χ0n) is 29.6. The van der Waals surface area contributed by atoms with Gasteiger partial charge < -0.3 is 9.52 Å². The summed E-state index contributed by atoms with van der Waals surface area (Å²) < 4.78 is 6.57. The van der Waals surface area contributed by atoms with Crippen molar-refractivity contribution in [2.24, 2.45) is 4.99 Å². The average Bonchev–Trinajstić information content (AvgIpc) is 3.47. The number of para-hydroxylation sites is 1. The summed E-state index contributed by atoms with van der Waals surface area (Å²) in [5, 5.41) is 10.6. The molecule has 1 heterocycles. The molecule has 0 bridgehead atoms. The van der Waals surface area contributed by atoms with Gasteiger partial charge in [-0.1, -0.05) is 123 Å². The quantitative estimate of drug-likeness (QED) is 0.192. The van der Waals surface area contributed by atoms with Gasteiger partial charge in [0.25, 0.3) is 0 Å². The SMILES string of the molecule is CC(C)(C)c1cccc(-c2cccc(-c3cc(C(C)(C)C)cc4oc(-c5ccccc5N=Cc5cc(C(C)(C)C)ccc5O)nc34)c2)c1. The molecule has 4 heteroatoms. The van der Waals surface area contributed by atoms with Crippen LogP contribution < -0.4 is 0 Å². The minimum atomic E-state index is -0.0969. The van der Waals surface area contributed by atoms with Gasteiger partial charge in [0.05, 0.1) is 11.3 Å². The van der Waals surface area contributed by atoms with Crippen molar-refractivity contribution in [2.45, 2.75) is 78.6 Å². The van der Waals surface area contributed by atoms with E-state index in [-0.39, 0.29) is 22.0 Å². The fourth-order valence-electron chi connectivity index (χ4n) is 5.86. The van der Waals surface area contributed by atoms with Crippen molar-refractivity contribution in [2.75, 3.05) is 0 Å². The zero-order chi connectivity index (χ0) is 34.4. The predicted molar refractivity (Wildman–Crippen MR) is 202 cm³/mol. The van der Waals surface area contributed by atoms with Gasteiger partial charge in [0, 0.05) is 17.3 Å². The molecule has 0 aliphatic heterocycles. The minimum absolute atomic E-state index is 0.0496. The van der Waals surface area contributed by atoms with E-state index in [1.807, 2.05) is 36.4 Å². The summed E-state index contributed by atoms with van der Waals surface area (Å²) in [5.41, 5.74) is 11.7. The summed E-state index contributed by atoms with van der Waals surface area (Å²) in [4.78, 5) is 9.95. The lowest BCUT2D eigenvalue weighted by Crippen LogP contribution is -2.11. The third-order valence-corrected chi connectivity index (χ3v) is 8.97. The Kier molecular flexibility index (Phi) is 8.41. The molecule has 6 aromatic rings. The molecule has 48 heavy (non-hydrogen) atoms. The Labute approximate surface area is 285 Å². The second kappa shape index (κ2) is 12.2. The molecule has 0 fully saturated rings. The topological polar surface area (TPSA) is 58.6 Å². The third-order valence-electron chi connectivity index (χ3n) is 8.97. The number of oxazole rings is 1. The Balaban J connectivity index is 1.46. The fraction of sp³-hybridized carbons (Fsp3) is 0.273. The largest absolute Gasteiger partial charge is 0.507 e. The lowest BCUT2D eigenvalue weighted by atomic mass is 9.84. The fourth-order valence-corrected chi connectivity index (χ4v) is 5.86. The van der Waals surface area contributed by atoms with Crippen LogP contribution in [-0.2, 0) is 16.2 Å². The van der Waals surface area contributed by atoms with E-state index < -0.39 is 0 Å². The maximum absolute atomic E-state index is 10.6. The highest BCUT2D eigenvalue weighted by Crippen LogP contribution is 2.40. The van der Waals surface area contributed by atoms with Gasteiger partial charge in [0.15, 0.2) is 5.58 Å². The summed E-state index contributed by atoms with van der Waals surface area (Å²) in [5.74, 6) is 0.699. The highest BCUT2D eigenvalue weighted by atomic mass is 16.3. The first kappa shape index (κ1) is 33.0. The van der Waals surface area contributed by atoms with Crippen molar-refractivity contribution in [3.8, 4) is 39.5 Å². The van der Waals surface area contributed by atoms with Crippen LogP contribution in [0.4, 0.5) is 5.69 Å². The van der Waals surface area contributed by atoms with Crippen molar-refractivity contribution in [3.05, 3.63) is 125 Å². The molecule has 0 radical (unpaired) electrons. The number of aliphatic imine (C=N–C) groups is 1.